The Labute approximate surface area is 150 Å². The smallest absolute Gasteiger partial charge is 0.333 e. The first kappa shape index (κ1) is 18.8. The molecule has 132 valence electrons. The lowest BCUT2D eigenvalue weighted by molar-refractivity contribution is -0.139. The molecule has 0 atom stereocenters. The van der Waals surface area contributed by atoms with Crippen LogP contribution in [0.15, 0.2) is 72.8 Å². The number of nitrogens with zero attached hydrogens (tertiary/aromatic N) is 1. The van der Waals surface area contributed by atoms with Crippen LogP contribution in [-0.2, 0) is 9.53 Å². The van der Waals surface area contributed by atoms with Crippen LogP contribution >= 0.6 is 0 Å². The summed E-state index contributed by atoms with van der Waals surface area (Å²) < 4.78 is 5.12. The first-order valence-electron chi connectivity index (χ1n) is 8.89. The number of unbranched alkanes of at least 4 members (excludes halogenated alkanes) is 3. The second-order valence-electron chi connectivity index (χ2n) is 6.15. The van der Waals surface area contributed by atoms with E-state index in [1.165, 1.54) is 11.4 Å². The summed E-state index contributed by atoms with van der Waals surface area (Å²) in [5.41, 5.74) is 2.88. The van der Waals surface area contributed by atoms with E-state index in [0.29, 0.717) is 12.2 Å². The van der Waals surface area contributed by atoms with Gasteiger partial charge in [-0.2, -0.15) is 0 Å². The van der Waals surface area contributed by atoms with Crippen LogP contribution in [0.4, 0.5) is 11.4 Å². The maximum atomic E-state index is 11.3. The van der Waals surface area contributed by atoms with E-state index in [1.807, 2.05) is 12.1 Å². The van der Waals surface area contributed by atoms with E-state index >= 15 is 0 Å². The highest BCUT2D eigenvalue weighted by Crippen LogP contribution is 2.25. The number of para-hydroxylation sites is 2. The Bertz CT molecular complexity index is 613. The Balaban J connectivity index is 1.77. The van der Waals surface area contributed by atoms with Gasteiger partial charge in [-0.05, 0) is 50.5 Å². The number of hydrogen-bond acceptors (Lipinski definition) is 3. The van der Waals surface area contributed by atoms with Gasteiger partial charge in [0.1, 0.15) is 0 Å². The van der Waals surface area contributed by atoms with Gasteiger partial charge >= 0.3 is 5.97 Å². The molecular weight excluding hydrogens is 310 g/mol. The van der Waals surface area contributed by atoms with Crippen molar-refractivity contribution in [3.63, 3.8) is 0 Å². The van der Waals surface area contributed by atoms with E-state index in [1.54, 1.807) is 6.92 Å². The number of carbonyl (C=O) groups excluding carboxylic acids is 1. The summed E-state index contributed by atoms with van der Waals surface area (Å²) in [5, 5.41) is 0. The highest BCUT2D eigenvalue weighted by Gasteiger charge is 2.08. The lowest BCUT2D eigenvalue weighted by atomic mass is 10.1. The molecule has 2 rings (SSSR count). The molecule has 0 spiro atoms. The number of rotatable bonds is 10. The van der Waals surface area contributed by atoms with Crippen LogP contribution < -0.4 is 4.90 Å². The van der Waals surface area contributed by atoms with E-state index in [9.17, 15) is 4.79 Å². The molecule has 25 heavy (non-hydrogen) atoms. The molecule has 0 saturated carbocycles. The number of ether oxygens (including phenoxy) is 1. The molecule has 0 saturated heterocycles. The van der Waals surface area contributed by atoms with E-state index in [-0.39, 0.29) is 5.97 Å². The third-order valence-corrected chi connectivity index (χ3v) is 3.99. The van der Waals surface area contributed by atoms with Gasteiger partial charge in [-0.15, -0.1) is 0 Å². The van der Waals surface area contributed by atoms with Crippen LogP contribution in [0.5, 0.6) is 0 Å². The maximum absolute atomic E-state index is 11.3. The van der Waals surface area contributed by atoms with Gasteiger partial charge in [0, 0.05) is 23.5 Å². The lowest BCUT2D eigenvalue weighted by Crippen LogP contribution is -2.18. The molecule has 2 aromatic rings. The summed E-state index contributed by atoms with van der Waals surface area (Å²) >= 11 is 0. The molecule has 0 aliphatic rings. The molecule has 0 fully saturated rings. The number of carbonyl (C=O) groups is 1. The average molecular weight is 337 g/mol. The van der Waals surface area contributed by atoms with Gasteiger partial charge in [0.15, 0.2) is 0 Å². The minimum atomic E-state index is -0.292. The largest absolute Gasteiger partial charge is 0.462 e. The van der Waals surface area contributed by atoms with E-state index in [4.69, 9.17) is 4.74 Å². The quantitative estimate of drug-likeness (QED) is 0.325. The van der Waals surface area contributed by atoms with Gasteiger partial charge < -0.3 is 9.64 Å². The average Bonchev–Trinajstić information content (AvgIpc) is 2.65. The van der Waals surface area contributed by atoms with E-state index < -0.39 is 0 Å². The van der Waals surface area contributed by atoms with Gasteiger partial charge in [0.25, 0.3) is 0 Å². The van der Waals surface area contributed by atoms with Crippen molar-refractivity contribution < 1.29 is 9.53 Å². The zero-order chi connectivity index (χ0) is 17.9. The predicted molar refractivity (Wildman–Crippen MR) is 104 cm³/mol. The Morgan fingerprint density at radius 3 is 1.92 bits per heavy atom. The van der Waals surface area contributed by atoms with Crippen molar-refractivity contribution in [1.82, 2.24) is 0 Å². The molecule has 0 aliphatic heterocycles. The number of hydrogen-bond donors (Lipinski definition) is 0. The lowest BCUT2D eigenvalue weighted by Gasteiger charge is -2.25. The van der Waals surface area contributed by atoms with E-state index in [2.05, 4.69) is 60.0 Å². The SMILES string of the molecule is C=C(C)C(=O)OCCCCCCN(c1ccccc1)c1ccccc1. The molecule has 0 N–H and O–H groups in total. The molecule has 0 radical (unpaired) electrons. The van der Waals surface area contributed by atoms with Crippen LogP contribution in [0.25, 0.3) is 0 Å². The second-order valence-corrected chi connectivity index (χ2v) is 6.15. The topological polar surface area (TPSA) is 29.5 Å². The predicted octanol–water partition coefficient (Wildman–Crippen LogP) is 5.50. The van der Waals surface area contributed by atoms with Crippen molar-refractivity contribution >= 4 is 17.3 Å². The maximum Gasteiger partial charge on any atom is 0.333 e. The van der Waals surface area contributed by atoms with Crippen molar-refractivity contribution in [2.24, 2.45) is 0 Å². The fourth-order valence-corrected chi connectivity index (χ4v) is 2.64. The fraction of sp³-hybridized carbons (Fsp3) is 0.318. The minimum Gasteiger partial charge on any atom is -0.462 e. The van der Waals surface area contributed by atoms with Gasteiger partial charge in [-0.1, -0.05) is 49.4 Å². The molecule has 0 heterocycles. The molecule has 0 aromatic heterocycles. The molecular formula is C22H27NO2. The molecule has 0 amide bonds. The van der Waals surface area contributed by atoms with E-state index in [0.717, 1.165) is 32.2 Å². The summed E-state index contributed by atoms with van der Waals surface area (Å²) in [7, 11) is 0. The molecule has 2 aromatic carbocycles. The summed E-state index contributed by atoms with van der Waals surface area (Å²) in [6.07, 6.45) is 4.16. The van der Waals surface area contributed by atoms with Crippen molar-refractivity contribution in [3.8, 4) is 0 Å². The molecule has 0 bridgehead atoms. The van der Waals surface area contributed by atoms with Crippen LogP contribution in [0, 0.1) is 0 Å². The van der Waals surface area contributed by atoms with Crippen molar-refractivity contribution in [1.29, 1.82) is 0 Å². The zero-order valence-corrected chi connectivity index (χ0v) is 15.0. The molecule has 0 aliphatic carbocycles. The van der Waals surface area contributed by atoms with Gasteiger partial charge in [0.2, 0.25) is 0 Å². The standard InChI is InChI=1S/C22H27NO2/c1-19(2)22(24)25-18-12-4-3-11-17-23(20-13-7-5-8-14-20)21-15-9-6-10-16-21/h5-10,13-16H,1,3-4,11-12,17-18H2,2H3. The number of benzene rings is 2. The Morgan fingerprint density at radius 2 is 1.40 bits per heavy atom. The second kappa shape index (κ2) is 10.3. The third kappa shape index (κ3) is 6.46. The first-order valence-corrected chi connectivity index (χ1v) is 8.89. The monoisotopic (exact) mass is 337 g/mol. The highest BCUT2D eigenvalue weighted by molar-refractivity contribution is 5.86. The first-order chi connectivity index (χ1) is 12.2. The van der Waals surface area contributed by atoms with Crippen LogP contribution in [0.3, 0.4) is 0 Å². The molecule has 3 heteroatoms. The molecule has 3 nitrogen and oxygen atoms in total. The number of anilines is 2. The Kier molecular flexibility index (Phi) is 7.77. The van der Waals surface area contributed by atoms with Crippen molar-refractivity contribution in [3.05, 3.63) is 72.8 Å². The van der Waals surface area contributed by atoms with Gasteiger partial charge in [-0.25, -0.2) is 4.79 Å². The van der Waals surface area contributed by atoms with Crippen LogP contribution in [0.1, 0.15) is 32.6 Å². The van der Waals surface area contributed by atoms with Crippen molar-refractivity contribution in [2.45, 2.75) is 32.6 Å². The van der Waals surface area contributed by atoms with Gasteiger partial charge in [-0.3, -0.25) is 0 Å². The van der Waals surface area contributed by atoms with Crippen molar-refractivity contribution in [2.75, 3.05) is 18.1 Å². The summed E-state index contributed by atoms with van der Waals surface area (Å²) in [6, 6.07) is 20.9. The summed E-state index contributed by atoms with van der Waals surface area (Å²) in [6.45, 7) is 6.70. The highest BCUT2D eigenvalue weighted by atomic mass is 16.5. The molecule has 0 unspecified atom stereocenters. The minimum absolute atomic E-state index is 0.292. The Hall–Kier alpha value is -2.55. The normalized spacial score (nSPS) is 10.3. The Morgan fingerprint density at radius 1 is 0.880 bits per heavy atom. The van der Waals surface area contributed by atoms with Gasteiger partial charge in [0.05, 0.1) is 6.61 Å². The summed E-state index contributed by atoms with van der Waals surface area (Å²) in [5.74, 6) is -0.292. The van der Waals surface area contributed by atoms with Crippen LogP contribution in [-0.4, -0.2) is 19.1 Å². The number of esters is 1. The fourth-order valence-electron chi connectivity index (χ4n) is 2.64. The zero-order valence-electron chi connectivity index (χ0n) is 15.0. The van der Waals surface area contributed by atoms with Crippen LogP contribution in [0.2, 0.25) is 0 Å². The summed E-state index contributed by atoms with van der Waals surface area (Å²) in [4.78, 5) is 13.7. The third-order valence-electron chi connectivity index (χ3n) is 3.99.